The van der Waals surface area contributed by atoms with Gasteiger partial charge in [0.2, 0.25) is 0 Å². The van der Waals surface area contributed by atoms with E-state index in [0.717, 1.165) is 15.8 Å². The first-order valence-corrected chi connectivity index (χ1v) is 5.39. The number of benzene rings is 1. The van der Waals surface area contributed by atoms with Gasteiger partial charge in [0.15, 0.2) is 0 Å². The van der Waals surface area contributed by atoms with Crippen molar-refractivity contribution in [3.63, 3.8) is 0 Å². The van der Waals surface area contributed by atoms with Gasteiger partial charge < -0.3 is 0 Å². The predicted octanol–water partition coefficient (Wildman–Crippen LogP) is 3.73. The van der Waals surface area contributed by atoms with E-state index in [4.69, 9.17) is 0 Å². The van der Waals surface area contributed by atoms with Crippen molar-refractivity contribution in [3.8, 4) is 0 Å². The number of halogens is 1. The van der Waals surface area contributed by atoms with Crippen LogP contribution in [0.2, 0.25) is 0 Å². The van der Waals surface area contributed by atoms with Crippen LogP contribution in [0.4, 0.5) is 4.39 Å². The fraction of sp³-hybridized carbons (Fsp3) is 0.364. The molecule has 0 unspecified atom stereocenters. The normalized spacial score (nSPS) is 12.3. The quantitative estimate of drug-likeness (QED) is 0.644. The van der Waals surface area contributed by atoms with Gasteiger partial charge in [-0.15, -0.1) is 11.3 Å². The van der Waals surface area contributed by atoms with Crippen molar-refractivity contribution in [2.24, 2.45) is 0 Å². The van der Waals surface area contributed by atoms with Gasteiger partial charge in [0.1, 0.15) is 5.82 Å². The van der Waals surface area contributed by atoms with Crippen LogP contribution in [0.15, 0.2) is 17.6 Å². The third-order valence-corrected chi connectivity index (χ3v) is 3.02. The van der Waals surface area contributed by atoms with Crippen LogP contribution in [0.25, 0.3) is 10.2 Å². The summed E-state index contributed by atoms with van der Waals surface area (Å²) in [6.07, 6.45) is 0. The molecule has 0 saturated carbocycles. The minimum absolute atomic E-state index is 0.130. The first kappa shape index (κ1) is 9.59. The van der Waals surface area contributed by atoms with Gasteiger partial charge in [-0.25, -0.2) is 9.37 Å². The summed E-state index contributed by atoms with van der Waals surface area (Å²) < 4.78 is 14.6. The topological polar surface area (TPSA) is 12.9 Å². The highest BCUT2D eigenvalue weighted by molar-refractivity contribution is 7.16. The molecule has 0 spiro atoms. The molecule has 0 atom stereocenters. The lowest BCUT2D eigenvalue weighted by Crippen LogP contribution is -2.13. The number of thiazole rings is 1. The SMILES string of the molecule is CC(C)(C)c1cc2ncsc2cc1F. The van der Waals surface area contributed by atoms with Crippen LogP contribution < -0.4 is 0 Å². The Morgan fingerprint density at radius 2 is 2.00 bits per heavy atom. The van der Waals surface area contributed by atoms with E-state index in [1.54, 1.807) is 11.6 Å². The maximum Gasteiger partial charge on any atom is 0.128 e. The highest BCUT2D eigenvalue weighted by Crippen LogP contribution is 2.29. The van der Waals surface area contributed by atoms with E-state index in [1.165, 1.54) is 11.3 Å². The molecule has 2 rings (SSSR count). The molecule has 0 radical (unpaired) electrons. The molecule has 0 bridgehead atoms. The second-order valence-electron chi connectivity index (χ2n) is 4.40. The average molecular weight is 209 g/mol. The van der Waals surface area contributed by atoms with Crippen molar-refractivity contribution in [2.45, 2.75) is 26.2 Å². The number of aromatic nitrogens is 1. The van der Waals surface area contributed by atoms with Crippen molar-refractivity contribution in [3.05, 3.63) is 29.0 Å². The maximum absolute atomic E-state index is 13.7. The standard InChI is InChI=1S/C11H12FNS/c1-11(2,3)7-4-9-10(5-8(7)12)14-6-13-9/h4-6H,1-3H3. The monoisotopic (exact) mass is 209 g/mol. The van der Waals surface area contributed by atoms with Crippen LogP contribution >= 0.6 is 11.3 Å². The fourth-order valence-corrected chi connectivity index (χ4v) is 2.14. The van der Waals surface area contributed by atoms with Crippen molar-refractivity contribution in [1.29, 1.82) is 0 Å². The van der Waals surface area contributed by atoms with Crippen LogP contribution in [-0.4, -0.2) is 4.98 Å². The van der Waals surface area contributed by atoms with Gasteiger partial charge in [0.25, 0.3) is 0 Å². The van der Waals surface area contributed by atoms with E-state index >= 15 is 0 Å². The third-order valence-electron chi connectivity index (χ3n) is 2.23. The highest BCUT2D eigenvalue weighted by atomic mass is 32.1. The Kier molecular flexibility index (Phi) is 2.07. The van der Waals surface area contributed by atoms with E-state index in [1.807, 2.05) is 26.8 Å². The summed E-state index contributed by atoms with van der Waals surface area (Å²) >= 11 is 1.47. The molecule has 0 aliphatic heterocycles. The number of hydrogen-bond acceptors (Lipinski definition) is 2. The molecule has 0 fully saturated rings. The Labute approximate surface area is 86.6 Å². The molecule has 2 aromatic rings. The van der Waals surface area contributed by atoms with E-state index in [9.17, 15) is 4.39 Å². The summed E-state index contributed by atoms with van der Waals surface area (Å²) in [6.45, 7) is 6.01. The van der Waals surface area contributed by atoms with Crippen molar-refractivity contribution < 1.29 is 4.39 Å². The lowest BCUT2D eigenvalue weighted by Gasteiger charge is -2.19. The summed E-state index contributed by atoms with van der Waals surface area (Å²) in [5.74, 6) is -0.130. The lowest BCUT2D eigenvalue weighted by molar-refractivity contribution is 0.524. The first-order valence-electron chi connectivity index (χ1n) is 4.52. The Hall–Kier alpha value is -0.960. The van der Waals surface area contributed by atoms with E-state index < -0.39 is 0 Å². The first-order chi connectivity index (χ1) is 6.48. The lowest BCUT2D eigenvalue weighted by atomic mass is 9.86. The van der Waals surface area contributed by atoms with Crippen LogP contribution in [0.1, 0.15) is 26.3 Å². The fourth-order valence-electron chi connectivity index (χ4n) is 1.45. The van der Waals surface area contributed by atoms with Crippen LogP contribution in [-0.2, 0) is 5.41 Å². The van der Waals surface area contributed by atoms with Gasteiger partial charge >= 0.3 is 0 Å². The Bertz CT molecular complexity index is 468. The Morgan fingerprint density at radius 1 is 1.29 bits per heavy atom. The molecule has 1 aromatic carbocycles. The van der Waals surface area contributed by atoms with Gasteiger partial charge in [0, 0.05) is 0 Å². The molecule has 1 heterocycles. The summed E-state index contributed by atoms with van der Waals surface area (Å²) in [7, 11) is 0. The van der Waals surface area contributed by atoms with E-state index in [0.29, 0.717) is 0 Å². The number of fused-ring (bicyclic) bond motifs is 1. The minimum Gasteiger partial charge on any atom is -0.245 e. The van der Waals surface area contributed by atoms with Gasteiger partial charge in [-0.2, -0.15) is 0 Å². The zero-order chi connectivity index (χ0) is 10.3. The van der Waals surface area contributed by atoms with Gasteiger partial charge in [0.05, 0.1) is 15.7 Å². The molecular weight excluding hydrogens is 197 g/mol. The second kappa shape index (κ2) is 3.02. The molecule has 0 aliphatic carbocycles. The van der Waals surface area contributed by atoms with Gasteiger partial charge in [-0.05, 0) is 23.1 Å². The molecule has 0 aliphatic rings. The average Bonchev–Trinajstić information content (AvgIpc) is 2.47. The summed E-state index contributed by atoms with van der Waals surface area (Å²) in [5.41, 5.74) is 3.20. The molecule has 0 amide bonds. The van der Waals surface area contributed by atoms with E-state index in [2.05, 4.69) is 4.98 Å². The molecule has 0 N–H and O–H groups in total. The molecular formula is C11H12FNS. The third kappa shape index (κ3) is 1.52. The minimum atomic E-state index is -0.165. The summed E-state index contributed by atoms with van der Waals surface area (Å²) in [6, 6.07) is 3.43. The Morgan fingerprint density at radius 3 is 2.64 bits per heavy atom. The number of hydrogen-bond donors (Lipinski definition) is 0. The second-order valence-corrected chi connectivity index (χ2v) is 5.29. The van der Waals surface area contributed by atoms with E-state index in [-0.39, 0.29) is 11.2 Å². The van der Waals surface area contributed by atoms with Crippen molar-refractivity contribution in [1.82, 2.24) is 4.98 Å². The largest absolute Gasteiger partial charge is 0.245 e. The maximum atomic E-state index is 13.7. The van der Waals surface area contributed by atoms with Crippen molar-refractivity contribution in [2.75, 3.05) is 0 Å². The van der Waals surface area contributed by atoms with Crippen LogP contribution in [0, 0.1) is 5.82 Å². The molecule has 3 heteroatoms. The molecule has 0 saturated heterocycles. The summed E-state index contributed by atoms with van der Waals surface area (Å²) in [5, 5.41) is 0. The smallest absolute Gasteiger partial charge is 0.128 e. The zero-order valence-electron chi connectivity index (χ0n) is 8.47. The molecule has 14 heavy (non-hydrogen) atoms. The predicted molar refractivity (Wildman–Crippen MR) is 58.3 cm³/mol. The Balaban J connectivity index is 2.71. The van der Waals surface area contributed by atoms with Gasteiger partial charge in [-0.3, -0.25) is 0 Å². The van der Waals surface area contributed by atoms with Crippen LogP contribution in [0.3, 0.4) is 0 Å². The number of rotatable bonds is 0. The molecule has 74 valence electrons. The molecule has 1 nitrogen and oxygen atoms in total. The van der Waals surface area contributed by atoms with Crippen LogP contribution in [0.5, 0.6) is 0 Å². The highest BCUT2D eigenvalue weighted by Gasteiger charge is 2.19. The van der Waals surface area contributed by atoms with Gasteiger partial charge in [-0.1, -0.05) is 20.8 Å². The zero-order valence-corrected chi connectivity index (χ0v) is 9.28. The van der Waals surface area contributed by atoms with Crippen molar-refractivity contribution >= 4 is 21.6 Å². The number of nitrogens with zero attached hydrogens (tertiary/aromatic N) is 1. The molecule has 1 aromatic heterocycles. The summed E-state index contributed by atoms with van der Waals surface area (Å²) in [4.78, 5) is 4.19.